The number of carbonyl (C=O) groups is 6. The number of aliphatic carboxylic acids is 1. The van der Waals surface area contributed by atoms with Gasteiger partial charge in [-0.1, -0.05) is 51.0 Å². The van der Waals surface area contributed by atoms with Gasteiger partial charge >= 0.3 is 54.2 Å². The number of carboxylic acids is 1. The third-order valence-corrected chi connectivity index (χ3v) is 16.3. The van der Waals surface area contributed by atoms with Crippen LogP contribution in [0.15, 0.2) is 84.9 Å². The molecule has 2 aliphatic heterocycles. The van der Waals surface area contributed by atoms with Crippen LogP contribution in [0.2, 0.25) is 0 Å². The van der Waals surface area contributed by atoms with Crippen molar-refractivity contribution in [1.29, 1.82) is 0 Å². The molecule has 0 aromatic heterocycles. The van der Waals surface area contributed by atoms with E-state index in [1.54, 1.807) is 16.7 Å². The van der Waals surface area contributed by atoms with E-state index in [9.17, 15) is 60.2 Å². The molecule has 6 atom stereocenters. The summed E-state index contributed by atoms with van der Waals surface area (Å²) in [6, 6.07) is 21.2. The van der Waals surface area contributed by atoms with Gasteiger partial charge < -0.3 is 44.4 Å². The van der Waals surface area contributed by atoms with Crippen molar-refractivity contribution in [2.45, 2.75) is 172 Å². The summed E-state index contributed by atoms with van der Waals surface area (Å²) in [5, 5.41) is 9.18. The van der Waals surface area contributed by atoms with E-state index in [4.69, 9.17) is 4.74 Å². The van der Waals surface area contributed by atoms with Crippen molar-refractivity contribution < 1.29 is 109 Å². The molecule has 22 heteroatoms. The topological polar surface area (TPSA) is 193 Å². The van der Waals surface area contributed by atoms with Crippen molar-refractivity contribution in [1.82, 2.24) is 9.80 Å². The van der Waals surface area contributed by atoms with Gasteiger partial charge in [-0.25, -0.2) is 0 Å². The molecule has 4 aliphatic carbocycles. The Bertz CT molecular complexity index is 2950. The van der Waals surface area contributed by atoms with Gasteiger partial charge in [-0.05, 0) is 154 Å². The smallest absolute Gasteiger partial charge is 0.870 e. The summed E-state index contributed by atoms with van der Waals surface area (Å²) in [6.45, 7) is 6.08. The summed E-state index contributed by atoms with van der Waals surface area (Å²) in [5.41, 5.74) is 5.85. The maximum Gasteiger partial charge on any atom is 1.00 e. The number of rotatable bonds is 17. The van der Waals surface area contributed by atoms with Crippen molar-refractivity contribution in [2.24, 2.45) is 11.8 Å². The third kappa shape index (κ3) is 14.4. The predicted molar refractivity (Wildman–Crippen MR) is 284 cm³/mol. The fourth-order valence-electron chi connectivity index (χ4n) is 12.6. The zero-order chi connectivity index (χ0) is 57.2. The number of ether oxygens (including phenoxy) is 3. The van der Waals surface area contributed by atoms with Crippen molar-refractivity contribution in [3.8, 4) is 11.5 Å². The van der Waals surface area contributed by atoms with Crippen molar-refractivity contribution >= 4 is 46.9 Å². The Morgan fingerprint density at radius 2 is 0.939 bits per heavy atom. The van der Waals surface area contributed by atoms with Crippen LogP contribution >= 0.6 is 0 Å². The fraction of sp³-hybridized carbons (Fsp3) is 0.500. The minimum absolute atomic E-state index is 0. The van der Waals surface area contributed by atoms with Gasteiger partial charge in [0.05, 0.1) is 31.5 Å². The second-order valence-corrected chi connectivity index (χ2v) is 21.5. The predicted octanol–water partition coefficient (Wildman–Crippen LogP) is 9.05. The first-order chi connectivity index (χ1) is 38.2. The van der Waals surface area contributed by atoms with Crippen LogP contribution in [0.5, 0.6) is 11.5 Å². The Hall–Kier alpha value is -6.16. The first-order valence-corrected chi connectivity index (χ1v) is 27.8. The molecule has 0 saturated heterocycles. The van der Waals surface area contributed by atoms with Crippen LogP contribution in [0.4, 0.5) is 37.7 Å². The van der Waals surface area contributed by atoms with E-state index in [1.165, 1.54) is 24.3 Å². The number of aryl methyl sites for hydroxylation is 2. The average Bonchev–Trinajstić information content (AvgIpc) is 4.50. The van der Waals surface area contributed by atoms with Crippen LogP contribution in [0.25, 0.3) is 0 Å². The van der Waals surface area contributed by atoms with E-state index in [2.05, 4.69) is 28.5 Å². The van der Waals surface area contributed by atoms with Gasteiger partial charge in [-0.2, -0.15) is 0 Å². The van der Waals surface area contributed by atoms with Crippen LogP contribution in [-0.4, -0.2) is 99.4 Å². The molecule has 10 rings (SSSR count). The fourth-order valence-corrected chi connectivity index (χ4v) is 12.6. The Kier molecular flexibility index (Phi) is 20.6. The van der Waals surface area contributed by atoms with Gasteiger partial charge in [0.15, 0.2) is 0 Å². The molecule has 0 bridgehead atoms. The Morgan fingerprint density at radius 3 is 1.28 bits per heavy atom. The number of alkyl halides is 6. The van der Waals surface area contributed by atoms with Crippen LogP contribution in [-0.2, 0) is 36.8 Å². The molecule has 15 nitrogen and oxygen atoms in total. The van der Waals surface area contributed by atoms with Crippen LogP contribution in [0, 0.1) is 11.8 Å². The second kappa shape index (κ2) is 26.6. The number of fused-ring (bicyclic) bond motifs is 4. The molecule has 2 N–H and O–H groups in total. The third-order valence-electron chi connectivity index (χ3n) is 16.3. The molecule has 0 radical (unpaired) electrons. The number of halogens is 6. The summed E-state index contributed by atoms with van der Waals surface area (Å²) < 4.78 is 88.8. The molecule has 0 spiro atoms. The molecule has 4 amide bonds. The normalized spacial score (nSPS) is 21.3. The number of nitrogens with zero attached hydrogens (tertiary/aromatic N) is 4. The standard InChI is InChI=1S/C31H35F3N2O5.C29H31F3N2O5.Na.H2O/c1-3-19-8-15-26-24(18-19)29(35(21-11-12-21)27(37)16-17-28(38)40-4-2)23-6-5-7-25(23)36(26)30(39)20-9-13-22(14-10-20)41-31(32,33)34;1-2-17-6-13-24-22(16-17)27(33(19-9-10-19)25(35)14-15-26(36)37)21-4-3-5-23(21)34(24)28(38)18-7-11-20(12-8-18)39-29(30,31)32;;/h8-10,13-15,18,21,23,25,29H,3-7,11-12,16-17H2,1-2H3;6-8,11-13,16,19,21,23,27H,2-5,9-10,14-15H2,1H3,(H,36,37);;1H2/q;;+1;/p-1. The van der Waals surface area contributed by atoms with Crippen LogP contribution in [0.1, 0.15) is 166 Å². The molecule has 82 heavy (non-hydrogen) atoms. The quantitative estimate of drug-likeness (QED) is 0.0602. The van der Waals surface area contributed by atoms with Crippen LogP contribution < -0.4 is 48.8 Å². The Labute approximate surface area is 494 Å². The number of hydrogen-bond donors (Lipinski definition) is 1. The molecule has 4 saturated carbocycles. The SMILES string of the molecule is CCOC(=O)CCC(=O)N(C1CC1)C1c2cc(CC)ccc2N(C(=O)c2ccc(OC(F)(F)F)cc2)C2CCCC21.CCc1ccc2c(c1)C(N(C(=O)CCC(=O)O)C1CC1)C1CCCC1N2C(=O)c1ccc(OC(F)(F)F)cc1.[Na+].[OH-]. The zero-order valence-electron chi connectivity index (χ0n) is 46.3. The number of benzene rings is 4. The van der Waals surface area contributed by atoms with Gasteiger partial charge in [-0.3, -0.25) is 28.8 Å². The number of esters is 1. The minimum atomic E-state index is -4.82. The van der Waals surface area contributed by atoms with Gasteiger partial charge in [0, 0.05) is 71.3 Å². The molecule has 4 fully saturated rings. The maximum atomic E-state index is 14.0. The van der Waals surface area contributed by atoms with Crippen molar-refractivity contribution in [3.05, 3.63) is 118 Å². The number of anilines is 2. The van der Waals surface area contributed by atoms with Crippen LogP contribution in [0.3, 0.4) is 0 Å². The number of carboxylic acid groups (broad SMARTS) is 1. The first kappa shape index (κ1) is 63.4. The summed E-state index contributed by atoms with van der Waals surface area (Å²) in [4.78, 5) is 85.7. The number of hydrogen-bond acceptors (Lipinski definition) is 10. The molecule has 4 aromatic carbocycles. The summed E-state index contributed by atoms with van der Waals surface area (Å²) >= 11 is 0. The maximum absolute atomic E-state index is 14.0. The number of amides is 4. The summed E-state index contributed by atoms with van der Waals surface area (Å²) in [5.74, 6) is -3.09. The molecule has 436 valence electrons. The van der Waals surface area contributed by atoms with E-state index >= 15 is 0 Å². The molecular formula is C60H67F6N4NaO11. The largest absolute Gasteiger partial charge is 1.00 e. The van der Waals surface area contributed by atoms with E-state index in [1.807, 2.05) is 41.0 Å². The van der Waals surface area contributed by atoms with Gasteiger partial charge in [0.2, 0.25) is 11.8 Å². The van der Waals surface area contributed by atoms with Gasteiger partial charge in [0.1, 0.15) is 11.5 Å². The molecule has 2 heterocycles. The number of carbonyl (C=O) groups excluding carboxylic acids is 5. The van der Waals surface area contributed by atoms with Crippen molar-refractivity contribution in [2.75, 3.05) is 16.4 Å². The molecular weight excluding hydrogens is 1090 g/mol. The van der Waals surface area contributed by atoms with Gasteiger partial charge in [0.25, 0.3) is 11.8 Å². The van der Waals surface area contributed by atoms with E-state index in [0.29, 0.717) is 5.69 Å². The summed E-state index contributed by atoms with van der Waals surface area (Å²) in [7, 11) is 0. The van der Waals surface area contributed by atoms with E-state index in [-0.39, 0.29) is 156 Å². The Morgan fingerprint density at radius 1 is 0.549 bits per heavy atom. The Balaban J connectivity index is 0.000000231. The molecule has 6 aliphatic rings. The average molecular weight is 1160 g/mol. The van der Waals surface area contributed by atoms with E-state index < -0.39 is 30.4 Å². The second-order valence-electron chi connectivity index (χ2n) is 21.5. The molecule has 4 aromatic rings. The van der Waals surface area contributed by atoms with Crippen molar-refractivity contribution in [3.63, 3.8) is 0 Å². The van der Waals surface area contributed by atoms with E-state index in [0.717, 1.165) is 129 Å². The van der Waals surface area contributed by atoms with Gasteiger partial charge in [-0.15, -0.1) is 26.3 Å². The first-order valence-electron chi connectivity index (χ1n) is 27.8. The zero-order valence-corrected chi connectivity index (χ0v) is 48.3. The minimum Gasteiger partial charge on any atom is -0.870 e. The monoisotopic (exact) mass is 1160 g/mol. The molecule has 6 unspecified atom stereocenters. The summed E-state index contributed by atoms with van der Waals surface area (Å²) in [6.07, 6.45) is 0.111.